The molecule has 0 amide bonds. The molecule has 18 heavy (non-hydrogen) atoms. The minimum Gasteiger partial charge on any atom is -0.493 e. The van der Waals surface area contributed by atoms with Crippen molar-refractivity contribution < 1.29 is 4.74 Å². The van der Waals surface area contributed by atoms with Gasteiger partial charge in [-0.1, -0.05) is 38.5 Å². The van der Waals surface area contributed by atoms with Crippen LogP contribution in [0, 0.1) is 12.8 Å². The first kappa shape index (κ1) is 15.0. The van der Waals surface area contributed by atoms with Crippen LogP contribution in [-0.4, -0.2) is 13.2 Å². The highest BCUT2D eigenvalue weighted by atomic mass is 16.5. The van der Waals surface area contributed by atoms with Crippen molar-refractivity contribution in [2.24, 2.45) is 5.92 Å². The van der Waals surface area contributed by atoms with Crippen molar-refractivity contribution in [2.75, 3.05) is 13.2 Å². The molecule has 0 aliphatic carbocycles. The molecule has 0 saturated carbocycles. The second kappa shape index (κ2) is 8.15. The molecule has 0 fully saturated rings. The Hall–Kier alpha value is -1.02. The molecule has 0 radical (unpaired) electrons. The van der Waals surface area contributed by atoms with Gasteiger partial charge in [0.15, 0.2) is 0 Å². The Labute approximate surface area is 112 Å². The highest BCUT2D eigenvalue weighted by molar-refractivity contribution is 5.36. The Kier molecular flexibility index (Phi) is 6.81. The Bertz CT molecular complexity index is 347. The zero-order valence-electron chi connectivity index (χ0n) is 12.3. The van der Waals surface area contributed by atoms with E-state index in [1.165, 1.54) is 17.5 Å². The van der Waals surface area contributed by atoms with Crippen LogP contribution in [0.5, 0.6) is 5.75 Å². The lowest BCUT2D eigenvalue weighted by molar-refractivity contribution is 0.294. The van der Waals surface area contributed by atoms with Crippen LogP contribution in [-0.2, 0) is 6.54 Å². The molecular formula is C16H27NO. The monoisotopic (exact) mass is 249 g/mol. The summed E-state index contributed by atoms with van der Waals surface area (Å²) in [5, 5.41) is 3.36. The maximum atomic E-state index is 5.90. The first-order chi connectivity index (χ1) is 8.63. The molecule has 2 heteroatoms. The van der Waals surface area contributed by atoms with Gasteiger partial charge >= 0.3 is 0 Å². The van der Waals surface area contributed by atoms with Gasteiger partial charge in [0.25, 0.3) is 0 Å². The number of aryl methyl sites for hydroxylation is 1. The van der Waals surface area contributed by atoms with E-state index in [9.17, 15) is 0 Å². The molecule has 102 valence electrons. The summed E-state index contributed by atoms with van der Waals surface area (Å²) in [5.41, 5.74) is 2.55. The lowest BCUT2D eigenvalue weighted by Gasteiger charge is -2.13. The molecule has 0 spiro atoms. The fourth-order valence-corrected chi connectivity index (χ4v) is 1.92. The average molecular weight is 249 g/mol. The lowest BCUT2D eigenvalue weighted by atomic mass is 10.1. The van der Waals surface area contributed by atoms with E-state index >= 15 is 0 Å². The molecule has 0 aliphatic rings. The molecule has 1 rings (SSSR count). The van der Waals surface area contributed by atoms with E-state index in [2.05, 4.69) is 51.2 Å². The fraction of sp³-hybridized carbons (Fsp3) is 0.625. The third-order valence-corrected chi connectivity index (χ3v) is 2.96. The molecule has 2 nitrogen and oxygen atoms in total. The Morgan fingerprint density at radius 3 is 2.72 bits per heavy atom. The minimum absolute atomic E-state index is 0.757. The zero-order valence-corrected chi connectivity index (χ0v) is 12.3. The van der Waals surface area contributed by atoms with Gasteiger partial charge in [0.05, 0.1) is 6.61 Å². The second-order valence-corrected chi connectivity index (χ2v) is 5.28. The van der Waals surface area contributed by atoms with Crippen LogP contribution in [0.25, 0.3) is 0 Å². The Balaban J connectivity index is 2.52. The summed E-state index contributed by atoms with van der Waals surface area (Å²) < 4.78 is 5.90. The first-order valence-electron chi connectivity index (χ1n) is 7.06. The smallest absolute Gasteiger partial charge is 0.123 e. The van der Waals surface area contributed by atoms with Gasteiger partial charge in [0.1, 0.15) is 5.75 Å². The lowest BCUT2D eigenvalue weighted by Crippen LogP contribution is -2.13. The van der Waals surface area contributed by atoms with Crippen molar-refractivity contribution in [2.45, 2.75) is 47.1 Å². The highest BCUT2D eigenvalue weighted by Gasteiger charge is 2.04. The van der Waals surface area contributed by atoms with Crippen molar-refractivity contribution in [3.8, 4) is 5.75 Å². The van der Waals surface area contributed by atoms with Crippen molar-refractivity contribution in [3.63, 3.8) is 0 Å². The van der Waals surface area contributed by atoms with Gasteiger partial charge in [-0.2, -0.15) is 0 Å². The molecule has 0 saturated heterocycles. The number of hydrogen-bond acceptors (Lipinski definition) is 2. The largest absolute Gasteiger partial charge is 0.493 e. The van der Waals surface area contributed by atoms with Gasteiger partial charge in [-0.3, -0.25) is 0 Å². The number of rotatable bonds is 8. The van der Waals surface area contributed by atoms with Gasteiger partial charge < -0.3 is 10.1 Å². The molecule has 1 N–H and O–H groups in total. The van der Waals surface area contributed by atoms with Gasteiger partial charge in [0, 0.05) is 12.1 Å². The van der Waals surface area contributed by atoms with Crippen LogP contribution in [0.1, 0.15) is 44.7 Å². The SMILES string of the molecule is CCNCc1cc(C)ccc1OCCCC(C)C. The standard InChI is InChI=1S/C16H27NO/c1-5-17-12-15-11-14(4)8-9-16(15)18-10-6-7-13(2)3/h8-9,11,13,17H,5-7,10,12H2,1-4H3. The highest BCUT2D eigenvalue weighted by Crippen LogP contribution is 2.20. The second-order valence-electron chi connectivity index (χ2n) is 5.28. The Morgan fingerprint density at radius 1 is 1.28 bits per heavy atom. The van der Waals surface area contributed by atoms with E-state index in [0.29, 0.717) is 0 Å². The van der Waals surface area contributed by atoms with Gasteiger partial charge in [0.2, 0.25) is 0 Å². The third kappa shape index (κ3) is 5.54. The molecule has 0 unspecified atom stereocenters. The van der Waals surface area contributed by atoms with Crippen LogP contribution in [0.3, 0.4) is 0 Å². The minimum atomic E-state index is 0.757. The molecular weight excluding hydrogens is 222 g/mol. The quantitative estimate of drug-likeness (QED) is 0.705. The molecule has 0 aromatic heterocycles. The van der Waals surface area contributed by atoms with E-state index < -0.39 is 0 Å². The van der Waals surface area contributed by atoms with Crippen molar-refractivity contribution in [1.29, 1.82) is 0 Å². The molecule has 0 aliphatic heterocycles. The van der Waals surface area contributed by atoms with Gasteiger partial charge in [-0.25, -0.2) is 0 Å². The molecule has 1 aromatic carbocycles. The van der Waals surface area contributed by atoms with E-state index in [1.54, 1.807) is 0 Å². The third-order valence-electron chi connectivity index (χ3n) is 2.96. The van der Waals surface area contributed by atoms with Crippen molar-refractivity contribution in [1.82, 2.24) is 5.32 Å². The number of hydrogen-bond donors (Lipinski definition) is 1. The van der Waals surface area contributed by atoms with Crippen molar-refractivity contribution >= 4 is 0 Å². The predicted octanol–water partition coefficient (Wildman–Crippen LogP) is 3.92. The van der Waals surface area contributed by atoms with Gasteiger partial charge in [-0.15, -0.1) is 0 Å². The molecule has 0 atom stereocenters. The summed E-state index contributed by atoms with van der Waals surface area (Å²) in [6.07, 6.45) is 2.36. The topological polar surface area (TPSA) is 21.3 Å². The van der Waals surface area contributed by atoms with E-state index in [-0.39, 0.29) is 0 Å². The summed E-state index contributed by atoms with van der Waals surface area (Å²) in [6.45, 7) is 11.4. The normalized spacial score (nSPS) is 10.9. The maximum absolute atomic E-state index is 5.90. The Morgan fingerprint density at radius 2 is 2.06 bits per heavy atom. The predicted molar refractivity (Wildman–Crippen MR) is 78.1 cm³/mol. The molecule has 1 aromatic rings. The number of ether oxygens (including phenoxy) is 1. The van der Waals surface area contributed by atoms with Crippen molar-refractivity contribution in [3.05, 3.63) is 29.3 Å². The van der Waals surface area contributed by atoms with Crippen LogP contribution in [0.15, 0.2) is 18.2 Å². The summed E-state index contributed by atoms with van der Waals surface area (Å²) >= 11 is 0. The number of benzene rings is 1. The average Bonchev–Trinajstić information content (AvgIpc) is 2.33. The fourth-order valence-electron chi connectivity index (χ4n) is 1.92. The van der Waals surface area contributed by atoms with Gasteiger partial charge in [-0.05, 0) is 38.3 Å². The van der Waals surface area contributed by atoms with Crippen LogP contribution >= 0.6 is 0 Å². The summed E-state index contributed by atoms with van der Waals surface area (Å²) in [4.78, 5) is 0. The summed E-state index contributed by atoms with van der Waals surface area (Å²) in [7, 11) is 0. The zero-order chi connectivity index (χ0) is 13.4. The summed E-state index contributed by atoms with van der Waals surface area (Å²) in [5.74, 6) is 1.79. The van der Waals surface area contributed by atoms with Crippen LogP contribution in [0.2, 0.25) is 0 Å². The van der Waals surface area contributed by atoms with Crippen LogP contribution < -0.4 is 10.1 Å². The first-order valence-corrected chi connectivity index (χ1v) is 7.06. The number of nitrogens with one attached hydrogen (secondary N) is 1. The van der Waals surface area contributed by atoms with E-state index in [1.807, 2.05) is 0 Å². The van der Waals surface area contributed by atoms with E-state index in [0.717, 1.165) is 37.8 Å². The van der Waals surface area contributed by atoms with E-state index in [4.69, 9.17) is 4.74 Å². The molecule has 0 bridgehead atoms. The molecule has 0 heterocycles. The summed E-state index contributed by atoms with van der Waals surface area (Å²) in [6, 6.07) is 6.42. The maximum Gasteiger partial charge on any atom is 0.123 e. The van der Waals surface area contributed by atoms with Crippen LogP contribution in [0.4, 0.5) is 0 Å².